The zero-order chi connectivity index (χ0) is 76.7. The third-order valence-electron chi connectivity index (χ3n) is 19.7. The molecule has 5 rings (SSSR count). The molecule has 2 saturated heterocycles. The SMILES string of the molecule is CC[C@H](C)[C@@H]1NC(=O)[C@H](CC(C)C)N(C)C(=O)CN(C)C(=O)[C@H]([C@@H](C)O)NC(=O)[C@H](Cc2ccccc2)N(C)C(=O)[C@H](CC(C)C)NC(=O)[C@H](Cc2ccccc2)N(C)C(=O)[C@@H](CC(C)C)NC(=O)C[C@@H](C(=O)N2CCCCC2)NC(=O)[C@H](CC(C)C)N(C)C(=O)[C@H](Cc2ccccc2)N(C)C1=O. The molecule has 12 amide bonds. The number of rotatable bonds is 18. The molecule has 3 aromatic rings. The monoisotopic (exact) mass is 1430 g/mol. The molecule has 2 fully saturated rings. The van der Waals surface area contributed by atoms with Gasteiger partial charge in [-0.15, -0.1) is 0 Å². The van der Waals surface area contributed by atoms with Gasteiger partial charge in [0.1, 0.15) is 60.4 Å². The first-order valence-electron chi connectivity index (χ1n) is 36.7. The summed E-state index contributed by atoms with van der Waals surface area (Å²) in [4.78, 5) is 190. The van der Waals surface area contributed by atoms with Gasteiger partial charge in [-0.2, -0.15) is 0 Å². The van der Waals surface area contributed by atoms with Gasteiger partial charge in [0, 0.05) is 74.6 Å². The fourth-order valence-electron chi connectivity index (χ4n) is 13.3. The van der Waals surface area contributed by atoms with Crippen LogP contribution >= 0.6 is 0 Å². The number of piperidine rings is 1. The number of aliphatic hydroxyl groups excluding tert-OH is 1. The number of hydrogen-bond acceptors (Lipinski definition) is 13. The maximum atomic E-state index is 15.6. The van der Waals surface area contributed by atoms with Crippen molar-refractivity contribution in [3.05, 3.63) is 108 Å². The highest BCUT2D eigenvalue weighted by atomic mass is 16.3. The van der Waals surface area contributed by atoms with E-state index in [1.54, 1.807) is 103 Å². The van der Waals surface area contributed by atoms with Crippen LogP contribution in [-0.4, -0.2) is 239 Å². The maximum absolute atomic E-state index is 15.6. The van der Waals surface area contributed by atoms with E-state index < -0.39 is 156 Å². The van der Waals surface area contributed by atoms with Crippen LogP contribution in [-0.2, 0) is 76.8 Å². The summed E-state index contributed by atoms with van der Waals surface area (Å²) in [7, 11) is 8.43. The van der Waals surface area contributed by atoms with E-state index >= 15 is 33.6 Å². The highest BCUT2D eigenvalue weighted by Gasteiger charge is 2.44. The van der Waals surface area contributed by atoms with Crippen LogP contribution in [0.5, 0.6) is 0 Å². The van der Waals surface area contributed by atoms with Crippen molar-refractivity contribution in [2.75, 3.05) is 61.9 Å². The van der Waals surface area contributed by atoms with E-state index in [0.717, 1.165) is 11.3 Å². The van der Waals surface area contributed by atoms with Crippen molar-refractivity contribution in [2.45, 2.75) is 220 Å². The average Bonchev–Trinajstić information content (AvgIpc) is 0.824. The Bertz CT molecular complexity index is 3330. The maximum Gasteiger partial charge on any atom is 0.248 e. The minimum absolute atomic E-state index is 0.0362. The van der Waals surface area contributed by atoms with Crippen LogP contribution in [0.1, 0.15) is 151 Å². The fourth-order valence-corrected chi connectivity index (χ4v) is 13.3. The summed E-state index contributed by atoms with van der Waals surface area (Å²) in [6, 6.07) is 13.1. The molecule has 25 nitrogen and oxygen atoms in total. The minimum Gasteiger partial charge on any atom is -0.391 e. The van der Waals surface area contributed by atoms with E-state index in [0.29, 0.717) is 49.0 Å². The van der Waals surface area contributed by atoms with E-state index in [9.17, 15) is 29.1 Å². The molecular weight excluding hydrogens is 1310 g/mol. The molecule has 2 aliphatic rings. The van der Waals surface area contributed by atoms with Crippen molar-refractivity contribution >= 4 is 70.9 Å². The average molecular weight is 1430 g/mol. The number of carbonyl (C=O) groups excluding carboxylic acids is 12. The summed E-state index contributed by atoms with van der Waals surface area (Å²) in [5, 5.41) is 25.7. The lowest BCUT2D eigenvalue weighted by atomic mass is 9.94. The second-order valence-corrected chi connectivity index (χ2v) is 30.1. The first-order chi connectivity index (χ1) is 48.6. The van der Waals surface area contributed by atoms with E-state index in [-0.39, 0.29) is 68.6 Å². The van der Waals surface area contributed by atoms with Gasteiger partial charge in [-0.1, -0.05) is 167 Å². The topological polar surface area (TPSA) is 308 Å². The first-order valence-corrected chi connectivity index (χ1v) is 36.7. The Hall–Kier alpha value is -8.74. The summed E-state index contributed by atoms with van der Waals surface area (Å²) in [6.45, 7) is 19.8. The van der Waals surface area contributed by atoms with E-state index in [4.69, 9.17) is 0 Å². The number of amides is 12. The van der Waals surface area contributed by atoms with Crippen molar-refractivity contribution in [1.82, 2.24) is 60.9 Å². The van der Waals surface area contributed by atoms with Crippen LogP contribution in [0.4, 0.5) is 0 Å². The van der Waals surface area contributed by atoms with Crippen LogP contribution < -0.4 is 26.6 Å². The number of hydrogen-bond donors (Lipinski definition) is 6. The summed E-state index contributed by atoms with van der Waals surface area (Å²) >= 11 is 0. The number of benzene rings is 3. The molecule has 0 radical (unpaired) electrons. The number of likely N-dealkylation sites (tertiary alicyclic amines) is 1. The number of nitrogens with zero attached hydrogens (tertiary/aromatic N) is 7. The third kappa shape index (κ3) is 24.7. The highest BCUT2D eigenvalue weighted by Crippen LogP contribution is 2.24. The number of likely N-dealkylation sites (N-methyl/N-ethyl adjacent to an activating group) is 6. The molecule has 12 atom stereocenters. The van der Waals surface area contributed by atoms with Gasteiger partial charge in [0.15, 0.2) is 0 Å². The predicted octanol–water partition coefficient (Wildman–Crippen LogP) is 4.76. The number of aliphatic hydroxyl groups is 1. The Morgan fingerprint density at radius 1 is 0.427 bits per heavy atom. The van der Waals surface area contributed by atoms with Crippen molar-refractivity contribution in [2.24, 2.45) is 29.6 Å². The zero-order valence-corrected chi connectivity index (χ0v) is 64.0. The van der Waals surface area contributed by atoms with Gasteiger partial charge in [0.25, 0.3) is 0 Å². The second-order valence-electron chi connectivity index (χ2n) is 30.1. The predicted molar refractivity (Wildman–Crippen MR) is 395 cm³/mol. The van der Waals surface area contributed by atoms with Gasteiger partial charge in [-0.05, 0) is 98.1 Å². The van der Waals surface area contributed by atoms with Crippen LogP contribution in [0.3, 0.4) is 0 Å². The molecule has 2 aliphatic heterocycles. The quantitative estimate of drug-likeness (QED) is 0.100. The lowest BCUT2D eigenvalue weighted by molar-refractivity contribution is -0.151. The normalized spacial score (nSPS) is 24.8. The number of carbonyl (C=O) groups is 12. The standard InChI is InChI=1S/C78H118N12O13/c1-18-52(10)67-78(103)89(17)64(45-56-35-27-21-28-36-56)76(101)88(16)61(42-51(8)9)69(94)81-59(75(100)90-37-29-22-30-38-90)46-65(92)79-57(39-48(2)3)73(98)86(14)62(43-54-31-23-19-24-32-54)70(95)80-58(40-49(4)5)74(99)87(15)63(44-55-33-25-20-26-34-55)72(97)83-68(53(11)91)77(102)84(12)47-66(93)85(13)60(41-50(6)7)71(96)82-67/h19-21,23-28,31-36,48-53,57-64,67-68,91H,18,22,29-30,37-47H2,1-17H3,(H,79,92)(H,80,95)(H,81,94)(H,82,96)(H,83,97)/t52-,53+,57+,58-,59-,60-,61-,62-,63-,64-,67-,68-/m0/s1. The molecule has 568 valence electrons. The van der Waals surface area contributed by atoms with Crippen LogP contribution in [0.15, 0.2) is 91.0 Å². The Balaban J connectivity index is 1.72. The smallest absolute Gasteiger partial charge is 0.248 e. The largest absolute Gasteiger partial charge is 0.391 e. The van der Waals surface area contributed by atoms with Gasteiger partial charge in [0.05, 0.1) is 19.1 Å². The minimum atomic E-state index is -1.68. The molecule has 103 heavy (non-hydrogen) atoms. The van der Waals surface area contributed by atoms with Crippen molar-refractivity contribution in [3.8, 4) is 0 Å². The molecule has 0 spiro atoms. The molecule has 0 bridgehead atoms. The van der Waals surface area contributed by atoms with Gasteiger partial charge in [0.2, 0.25) is 70.9 Å². The van der Waals surface area contributed by atoms with Crippen molar-refractivity contribution in [1.29, 1.82) is 0 Å². The summed E-state index contributed by atoms with van der Waals surface area (Å²) in [6.07, 6.45) is 0.491. The fraction of sp³-hybridized carbons (Fsp3) is 0.615. The molecule has 2 heterocycles. The molecular formula is C78H118N12O13. The Kier molecular flexibility index (Phi) is 33.3. The Morgan fingerprint density at radius 2 is 0.806 bits per heavy atom. The molecule has 3 aromatic carbocycles. The van der Waals surface area contributed by atoms with Gasteiger partial charge >= 0.3 is 0 Å². The van der Waals surface area contributed by atoms with Crippen molar-refractivity contribution < 1.29 is 62.6 Å². The molecule has 6 N–H and O–H groups in total. The second kappa shape index (κ2) is 40.4. The molecule has 0 saturated carbocycles. The summed E-state index contributed by atoms with van der Waals surface area (Å²) < 4.78 is 0. The van der Waals surface area contributed by atoms with E-state index in [1.807, 2.05) is 62.3 Å². The highest BCUT2D eigenvalue weighted by molar-refractivity contribution is 6.00. The van der Waals surface area contributed by atoms with Crippen LogP contribution in [0, 0.1) is 29.6 Å². The molecule has 25 heteroatoms. The van der Waals surface area contributed by atoms with E-state index in [2.05, 4.69) is 26.6 Å². The summed E-state index contributed by atoms with van der Waals surface area (Å²) in [5.41, 5.74) is 1.93. The van der Waals surface area contributed by atoms with Gasteiger partial charge in [-0.25, -0.2) is 0 Å². The lowest BCUT2D eigenvalue weighted by Gasteiger charge is -2.38. The molecule has 0 aromatic heterocycles. The number of nitrogens with one attached hydrogen (secondary N) is 5. The zero-order valence-electron chi connectivity index (χ0n) is 64.0. The molecule has 0 unspecified atom stereocenters. The Morgan fingerprint density at radius 3 is 1.24 bits per heavy atom. The van der Waals surface area contributed by atoms with Gasteiger partial charge < -0.3 is 66.0 Å². The van der Waals surface area contributed by atoms with E-state index in [1.165, 1.54) is 73.7 Å². The molecule has 0 aliphatic carbocycles. The first kappa shape index (κ1) is 84.9. The Labute approximate surface area is 610 Å². The lowest BCUT2D eigenvalue weighted by Crippen LogP contribution is -2.62. The third-order valence-corrected chi connectivity index (χ3v) is 19.7. The van der Waals surface area contributed by atoms with Crippen molar-refractivity contribution in [3.63, 3.8) is 0 Å². The van der Waals surface area contributed by atoms with Gasteiger partial charge in [-0.3, -0.25) is 57.5 Å². The van der Waals surface area contributed by atoms with Crippen LogP contribution in [0.2, 0.25) is 0 Å². The summed E-state index contributed by atoms with van der Waals surface area (Å²) in [5.74, 6) is -10.1. The van der Waals surface area contributed by atoms with Crippen LogP contribution in [0.25, 0.3) is 0 Å².